The third-order valence-corrected chi connectivity index (χ3v) is 5.44. The summed E-state index contributed by atoms with van der Waals surface area (Å²) in [7, 11) is 3.02. The van der Waals surface area contributed by atoms with Crippen LogP contribution in [0.15, 0.2) is 83.5 Å². The molecule has 0 fully saturated rings. The molecule has 3 aromatic rings. The molecular weight excluding hydrogens is 458 g/mol. The van der Waals surface area contributed by atoms with Gasteiger partial charge in [-0.2, -0.15) is 0 Å². The Morgan fingerprint density at radius 2 is 1.65 bits per heavy atom. The average molecular weight is 478 g/mol. The lowest BCUT2D eigenvalue weighted by Gasteiger charge is -2.15. The Morgan fingerprint density at radius 1 is 0.882 bits per heavy atom. The van der Waals surface area contributed by atoms with Crippen LogP contribution in [0.5, 0.6) is 11.5 Å². The molecule has 0 radical (unpaired) electrons. The molecule has 0 bridgehead atoms. The van der Waals surface area contributed by atoms with Gasteiger partial charge in [-0.15, -0.1) is 0 Å². The molecule has 1 heterocycles. The highest BCUT2D eigenvalue weighted by Gasteiger charge is 2.38. The van der Waals surface area contributed by atoms with E-state index >= 15 is 0 Å². The summed E-state index contributed by atoms with van der Waals surface area (Å²) in [5.74, 6) is -0.594. The molecule has 3 aromatic carbocycles. The number of methoxy groups -OCH3 is 2. The predicted molar refractivity (Wildman–Crippen MR) is 129 cm³/mol. The van der Waals surface area contributed by atoms with Crippen LogP contribution in [0.25, 0.3) is 0 Å². The SMILES string of the molecule is COc1ccc(OC)c(NC(=O)c2cccc(NC3=C(Cl)C(=O)N(c4ccccc4)C3=O)c2)c1. The van der Waals surface area contributed by atoms with E-state index in [0.717, 1.165) is 4.90 Å². The van der Waals surface area contributed by atoms with Crippen LogP contribution in [0.1, 0.15) is 10.4 Å². The van der Waals surface area contributed by atoms with Crippen molar-refractivity contribution in [1.82, 2.24) is 0 Å². The highest BCUT2D eigenvalue weighted by atomic mass is 35.5. The van der Waals surface area contributed by atoms with Gasteiger partial charge in [0.2, 0.25) is 0 Å². The molecule has 9 heteroatoms. The number of imide groups is 1. The van der Waals surface area contributed by atoms with Crippen molar-refractivity contribution in [3.8, 4) is 11.5 Å². The second-order valence-corrected chi connectivity index (χ2v) is 7.57. The molecule has 0 aromatic heterocycles. The van der Waals surface area contributed by atoms with E-state index in [2.05, 4.69) is 10.6 Å². The van der Waals surface area contributed by atoms with E-state index in [1.165, 1.54) is 14.2 Å². The van der Waals surface area contributed by atoms with Crippen LogP contribution in [0.3, 0.4) is 0 Å². The van der Waals surface area contributed by atoms with Crippen LogP contribution in [0.4, 0.5) is 17.1 Å². The first-order chi connectivity index (χ1) is 16.4. The van der Waals surface area contributed by atoms with Crippen LogP contribution in [-0.4, -0.2) is 31.9 Å². The Labute approximate surface area is 200 Å². The molecule has 0 atom stereocenters. The van der Waals surface area contributed by atoms with Gasteiger partial charge in [0.15, 0.2) is 0 Å². The summed E-state index contributed by atoms with van der Waals surface area (Å²) < 4.78 is 10.5. The second-order valence-electron chi connectivity index (χ2n) is 7.20. The van der Waals surface area contributed by atoms with Gasteiger partial charge in [0, 0.05) is 17.3 Å². The van der Waals surface area contributed by atoms with Crippen LogP contribution in [-0.2, 0) is 9.59 Å². The van der Waals surface area contributed by atoms with Crippen LogP contribution in [0.2, 0.25) is 0 Å². The summed E-state index contributed by atoms with van der Waals surface area (Å²) in [4.78, 5) is 39.4. The van der Waals surface area contributed by atoms with Crippen molar-refractivity contribution in [1.29, 1.82) is 0 Å². The average Bonchev–Trinajstić information content (AvgIpc) is 3.07. The molecule has 1 aliphatic rings. The fourth-order valence-electron chi connectivity index (χ4n) is 3.41. The zero-order valence-electron chi connectivity index (χ0n) is 18.3. The molecule has 8 nitrogen and oxygen atoms in total. The van der Waals surface area contributed by atoms with Crippen LogP contribution >= 0.6 is 11.6 Å². The van der Waals surface area contributed by atoms with E-state index in [1.54, 1.807) is 72.8 Å². The van der Waals surface area contributed by atoms with Gasteiger partial charge >= 0.3 is 0 Å². The molecule has 0 saturated carbocycles. The molecule has 4 rings (SSSR count). The molecular formula is C25H20ClN3O5. The number of nitrogens with zero attached hydrogens (tertiary/aromatic N) is 1. The number of amides is 3. The number of anilines is 3. The quantitative estimate of drug-likeness (QED) is 0.490. The number of benzene rings is 3. The van der Waals surface area contributed by atoms with Crippen molar-refractivity contribution >= 4 is 46.4 Å². The molecule has 34 heavy (non-hydrogen) atoms. The fourth-order valence-corrected chi connectivity index (χ4v) is 3.62. The lowest BCUT2D eigenvalue weighted by atomic mass is 10.1. The first-order valence-corrected chi connectivity index (χ1v) is 10.5. The third kappa shape index (κ3) is 4.44. The normalized spacial score (nSPS) is 13.2. The maximum atomic E-state index is 12.9. The lowest BCUT2D eigenvalue weighted by molar-refractivity contribution is -0.120. The minimum absolute atomic E-state index is 0.0671. The third-order valence-electron chi connectivity index (χ3n) is 5.09. The number of carbonyl (C=O) groups is 3. The van der Waals surface area contributed by atoms with Crippen molar-refractivity contribution in [3.63, 3.8) is 0 Å². The zero-order chi connectivity index (χ0) is 24.2. The number of carbonyl (C=O) groups excluding carboxylic acids is 3. The molecule has 3 amide bonds. The minimum Gasteiger partial charge on any atom is -0.497 e. The first-order valence-electron chi connectivity index (χ1n) is 10.2. The number of para-hydroxylation sites is 1. The predicted octanol–water partition coefficient (Wildman–Crippen LogP) is 4.39. The van der Waals surface area contributed by atoms with E-state index in [4.69, 9.17) is 21.1 Å². The van der Waals surface area contributed by atoms with E-state index < -0.39 is 17.7 Å². The summed E-state index contributed by atoms with van der Waals surface area (Å²) in [6, 6.07) is 20.0. The highest BCUT2D eigenvalue weighted by molar-refractivity contribution is 6.53. The highest BCUT2D eigenvalue weighted by Crippen LogP contribution is 2.31. The minimum atomic E-state index is -0.626. The van der Waals surface area contributed by atoms with Crippen molar-refractivity contribution in [2.45, 2.75) is 0 Å². The van der Waals surface area contributed by atoms with E-state index in [9.17, 15) is 14.4 Å². The van der Waals surface area contributed by atoms with E-state index in [1.807, 2.05) is 0 Å². The summed E-state index contributed by atoms with van der Waals surface area (Å²) in [5.41, 5.74) is 1.50. The van der Waals surface area contributed by atoms with Gasteiger partial charge in [0.25, 0.3) is 17.7 Å². The van der Waals surface area contributed by atoms with Gasteiger partial charge in [-0.1, -0.05) is 35.9 Å². The Bertz CT molecular complexity index is 1310. The van der Waals surface area contributed by atoms with Gasteiger partial charge in [-0.3, -0.25) is 14.4 Å². The lowest BCUT2D eigenvalue weighted by Crippen LogP contribution is -2.32. The Kier molecular flexibility index (Phi) is 6.51. The number of ether oxygens (including phenoxy) is 2. The maximum absolute atomic E-state index is 12.9. The number of nitrogens with one attached hydrogen (secondary N) is 2. The van der Waals surface area contributed by atoms with Crippen LogP contribution < -0.4 is 25.0 Å². The van der Waals surface area contributed by atoms with Gasteiger partial charge in [0.1, 0.15) is 22.2 Å². The van der Waals surface area contributed by atoms with Crippen molar-refractivity contribution in [2.24, 2.45) is 0 Å². The monoisotopic (exact) mass is 477 g/mol. The smallest absolute Gasteiger partial charge is 0.283 e. The summed E-state index contributed by atoms with van der Waals surface area (Å²) in [6.07, 6.45) is 0. The van der Waals surface area contributed by atoms with Gasteiger partial charge in [-0.05, 0) is 42.5 Å². The topological polar surface area (TPSA) is 97.0 Å². The van der Waals surface area contributed by atoms with E-state index in [0.29, 0.717) is 34.1 Å². The Morgan fingerprint density at radius 3 is 2.35 bits per heavy atom. The van der Waals surface area contributed by atoms with Crippen LogP contribution in [0, 0.1) is 0 Å². The zero-order valence-corrected chi connectivity index (χ0v) is 19.1. The summed E-state index contributed by atoms with van der Waals surface area (Å²) in [5, 5.41) is 5.44. The molecule has 2 N–H and O–H groups in total. The Hall–Kier alpha value is -4.30. The molecule has 0 spiro atoms. The molecule has 1 aliphatic heterocycles. The molecule has 0 unspecified atom stereocenters. The van der Waals surface area contributed by atoms with Gasteiger partial charge < -0.3 is 20.1 Å². The van der Waals surface area contributed by atoms with Gasteiger partial charge in [-0.25, -0.2) is 4.90 Å². The molecule has 172 valence electrons. The molecule has 0 saturated heterocycles. The van der Waals surface area contributed by atoms with Crippen molar-refractivity contribution in [2.75, 3.05) is 29.8 Å². The Balaban J connectivity index is 1.55. The van der Waals surface area contributed by atoms with E-state index in [-0.39, 0.29) is 10.7 Å². The fraction of sp³-hybridized carbons (Fsp3) is 0.0800. The number of rotatable bonds is 7. The maximum Gasteiger partial charge on any atom is 0.283 e. The number of hydrogen-bond donors (Lipinski definition) is 2. The summed E-state index contributed by atoms with van der Waals surface area (Å²) in [6.45, 7) is 0. The first kappa shape index (κ1) is 22.9. The van der Waals surface area contributed by atoms with Crippen molar-refractivity contribution in [3.05, 3.63) is 89.1 Å². The molecule has 0 aliphatic carbocycles. The standard InChI is InChI=1S/C25H20ClN3O5/c1-33-18-11-12-20(34-2)19(14-18)28-23(30)15-7-6-8-16(13-15)27-22-21(26)24(31)29(25(22)32)17-9-4-3-5-10-17/h3-14,27H,1-2H3,(H,28,30). The van der Waals surface area contributed by atoms with Gasteiger partial charge in [0.05, 0.1) is 25.6 Å². The summed E-state index contributed by atoms with van der Waals surface area (Å²) >= 11 is 6.19. The number of halogens is 1. The number of hydrogen-bond acceptors (Lipinski definition) is 6. The second kappa shape index (κ2) is 9.68. The van der Waals surface area contributed by atoms with Crippen molar-refractivity contribution < 1.29 is 23.9 Å². The largest absolute Gasteiger partial charge is 0.497 e.